The zero-order chi connectivity index (χ0) is 24.9. The minimum Gasteiger partial charge on any atom is -0.491 e. The van der Waals surface area contributed by atoms with Gasteiger partial charge in [0, 0.05) is 11.1 Å². The third-order valence-electron chi connectivity index (χ3n) is 6.13. The van der Waals surface area contributed by atoms with E-state index in [0.29, 0.717) is 24.0 Å². The summed E-state index contributed by atoms with van der Waals surface area (Å²) >= 11 is 0. The summed E-state index contributed by atoms with van der Waals surface area (Å²) in [5.74, 6) is -3.78. The lowest BCUT2D eigenvalue weighted by atomic mass is 9.96. The van der Waals surface area contributed by atoms with E-state index in [2.05, 4.69) is 0 Å². The molecule has 0 aromatic heterocycles. The number of hydrogen-bond acceptors (Lipinski definition) is 1. The predicted molar refractivity (Wildman–Crippen MR) is 132 cm³/mol. The minimum absolute atomic E-state index is 0.101. The van der Waals surface area contributed by atoms with Crippen molar-refractivity contribution in [3.8, 4) is 28.0 Å². The molecule has 1 nitrogen and oxygen atoms in total. The average Bonchev–Trinajstić information content (AvgIpc) is 2.88. The highest BCUT2D eigenvalue weighted by Gasteiger charge is 2.17. The van der Waals surface area contributed by atoms with Gasteiger partial charge in [-0.05, 0) is 60.1 Å². The lowest BCUT2D eigenvalue weighted by Crippen LogP contribution is -2.02. The zero-order valence-corrected chi connectivity index (χ0v) is 19.7. The first-order valence-electron chi connectivity index (χ1n) is 11.7. The van der Waals surface area contributed by atoms with Crippen LogP contribution in [0.1, 0.15) is 30.5 Å². The molecule has 0 radical (unpaired) electrons. The van der Waals surface area contributed by atoms with Crippen LogP contribution in [0.2, 0.25) is 0 Å². The molecule has 4 rings (SSSR count). The van der Waals surface area contributed by atoms with E-state index in [1.807, 2.05) is 19.1 Å². The molecule has 35 heavy (non-hydrogen) atoms. The van der Waals surface area contributed by atoms with Gasteiger partial charge in [-0.25, -0.2) is 13.2 Å². The highest BCUT2D eigenvalue weighted by atomic mass is 19.2. The fourth-order valence-electron chi connectivity index (χ4n) is 4.08. The number of hydrogen-bond donors (Lipinski definition) is 0. The van der Waals surface area contributed by atoms with Crippen LogP contribution >= 0.6 is 0 Å². The first-order chi connectivity index (χ1) is 16.9. The summed E-state index contributed by atoms with van der Waals surface area (Å²) in [5.41, 5.74) is 3.80. The lowest BCUT2D eigenvalue weighted by Gasteiger charge is -2.11. The summed E-state index contributed by atoms with van der Waals surface area (Å²) in [5, 5.41) is 0. The van der Waals surface area contributed by atoms with Gasteiger partial charge in [0.15, 0.2) is 23.2 Å². The molecule has 0 bridgehead atoms. The highest BCUT2D eigenvalue weighted by Crippen LogP contribution is 2.32. The first kappa shape index (κ1) is 24.5. The average molecular weight is 479 g/mol. The van der Waals surface area contributed by atoms with Crippen LogP contribution in [0.3, 0.4) is 0 Å². The summed E-state index contributed by atoms with van der Waals surface area (Å²) in [6.07, 6.45) is 1.63. The van der Waals surface area contributed by atoms with Crippen molar-refractivity contribution in [1.82, 2.24) is 0 Å². The molecule has 0 aliphatic heterocycles. The molecule has 4 aromatic rings. The second-order valence-electron chi connectivity index (χ2n) is 8.32. The van der Waals surface area contributed by atoms with Crippen molar-refractivity contribution in [1.29, 1.82) is 0 Å². The number of ether oxygens (including phenoxy) is 1. The van der Waals surface area contributed by atoms with E-state index < -0.39 is 23.3 Å². The molecule has 0 aliphatic rings. The minimum atomic E-state index is -0.984. The molecular weight excluding hydrogens is 452 g/mol. The summed E-state index contributed by atoms with van der Waals surface area (Å²) in [6.45, 7) is 3.99. The maximum atomic E-state index is 15.0. The molecule has 0 saturated heterocycles. The van der Waals surface area contributed by atoms with Crippen molar-refractivity contribution in [2.45, 2.75) is 33.1 Å². The third kappa shape index (κ3) is 5.24. The lowest BCUT2D eigenvalue weighted by molar-refractivity contribution is 0.313. The van der Waals surface area contributed by atoms with Crippen molar-refractivity contribution < 1.29 is 22.3 Å². The maximum absolute atomic E-state index is 15.0. The fourth-order valence-corrected chi connectivity index (χ4v) is 4.08. The Bertz CT molecular complexity index is 1310. The van der Waals surface area contributed by atoms with Crippen LogP contribution in [-0.4, -0.2) is 6.61 Å². The van der Waals surface area contributed by atoms with Crippen molar-refractivity contribution in [2.75, 3.05) is 6.61 Å². The Morgan fingerprint density at radius 2 is 1.09 bits per heavy atom. The molecule has 180 valence electrons. The van der Waals surface area contributed by atoms with Gasteiger partial charge in [-0.1, -0.05) is 73.7 Å². The van der Waals surface area contributed by atoms with Gasteiger partial charge in [-0.15, -0.1) is 0 Å². The van der Waals surface area contributed by atoms with Gasteiger partial charge < -0.3 is 4.74 Å². The van der Waals surface area contributed by atoms with E-state index in [9.17, 15) is 17.6 Å². The third-order valence-corrected chi connectivity index (χ3v) is 6.13. The molecule has 0 spiro atoms. The standard InChI is InChI=1S/C30H26F4O/c1-3-19-5-10-21(11-6-19)24-16-17-25(29(33)28(24)32)22-12-7-20(8-13-22)9-14-23-15-18-26(35-4-2)30(34)27(23)31/h5-8,10-13,15-18H,3-4,9,14H2,1-2H3. The number of rotatable bonds is 8. The van der Waals surface area contributed by atoms with Crippen LogP contribution in [-0.2, 0) is 19.3 Å². The van der Waals surface area contributed by atoms with Crippen molar-refractivity contribution in [2.24, 2.45) is 0 Å². The smallest absolute Gasteiger partial charge is 0.200 e. The first-order valence-corrected chi connectivity index (χ1v) is 11.7. The van der Waals surface area contributed by atoms with Crippen LogP contribution < -0.4 is 4.74 Å². The van der Waals surface area contributed by atoms with Gasteiger partial charge in [-0.3, -0.25) is 0 Å². The monoisotopic (exact) mass is 478 g/mol. The number of benzene rings is 4. The highest BCUT2D eigenvalue weighted by molar-refractivity contribution is 5.72. The van der Waals surface area contributed by atoms with E-state index in [1.165, 1.54) is 12.1 Å². The molecule has 0 atom stereocenters. The van der Waals surface area contributed by atoms with Crippen molar-refractivity contribution in [3.05, 3.63) is 113 Å². The van der Waals surface area contributed by atoms with Crippen LogP contribution in [0.25, 0.3) is 22.3 Å². The van der Waals surface area contributed by atoms with Gasteiger partial charge in [-0.2, -0.15) is 4.39 Å². The van der Waals surface area contributed by atoms with Gasteiger partial charge >= 0.3 is 0 Å². The van der Waals surface area contributed by atoms with Crippen molar-refractivity contribution in [3.63, 3.8) is 0 Å². The normalized spacial score (nSPS) is 11.0. The second kappa shape index (κ2) is 10.8. The van der Waals surface area contributed by atoms with Crippen molar-refractivity contribution >= 4 is 0 Å². The number of aryl methyl sites for hydroxylation is 3. The molecule has 0 saturated carbocycles. The van der Waals surface area contributed by atoms with Crippen LogP contribution in [0.4, 0.5) is 17.6 Å². The predicted octanol–water partition coefficient (Wildman–Crippen LogP) is 8.32. The van der Waals surface area contributed by atoms with Gasteiger partial charge in [0.25, 0.3) is 0 Å². The Kier molecular flexibility index (Phi) is 7.54. The molecule has 0 amide bonds. The molecule has 0 fully saturated rings. The van der Waals surface area contributed by atoms with E-state index >= 15 is 0 Å². The Hall–Kier alpha value is -3.60. The molecule has 0 N–H and O–H groups in total. The largest absolute Gasteiger partial charge is 0.491 e. The second-order valence-corrected chi connectivity index (χ2v) is 8.32. The van der Waals surface area contributed by atoms with Crippen LogP contribution in [0, 0.1) is 23.3 Å². The van der Waals surface area contributed by atoms with Gasteiger partial charge in [0.05, 0.1) is 6.61 Å². The van der Waals surface area contributed by atoms with Gasteiger partial charge in [0.2, 0.25) is 5.82 Å². The molecule has 0 unspecified atom stereocenters. The van der Waals surface area contributed by atoms with E-state index in [-0.39, 0.29) is 29.0 Å². The zero-order valence-electron chi connectivity index (χ0n) is 19.7. The molecule has 0 heterocycles. The van der Waals surface area contributed by atoms with Crippen LogP contribution in [0.5, 0.6) is 5.75 Å². The topological polar surface area (TPSA) is 9.23 Å². The fraction of sp³-hybridized carbons (Fsp3) is 0.200. The number of halogens is 4. The molecule has 0 aliphatic carbocycles. The van der Waals surface area contributed by atoms with Gasteiger partial charge in [0.1, 0.15) is 0 Å². The molecular formula is C30H26F4O. The quantitative estimate of drug-likeness (QED) is 0.231. The molecule has 5 heteroatoms. The summed E-state index contributed by atoms with van der Waals surface area (Å²) in [7, 11) is 0. The Morgan fingerprint density at radius 1 is 0.543 bits per heavy atom. The van der Waals surface area contributed by atoms with E-state index in [1.54, 1.807) is 55.5 Å². The summed E-state index contributed by atoms with van der Waals surface area (Å²) < 4.78 is 63.3. The SMILES string of the molecule is CCOc1ccc(CCc2ccc(-c3ccc(-c4ccc(CC)cc4)c(F)c3F)cc2)c(F)c1F. The maximum Gasteiger partial charge on any atom is 0.200 e. The van der Waals surface area contributed by atoms with Crippen LogP contribution in [0.15, 0.2) is 72.8 Å². The Morgan fingerprint density at radius 3 is 1.60 bits per heavy atom. The Balaban J connectivity index is 1.50. The summed E-state index contributed by atoms with van der Waals surface area (Å²) in [4.78, 5) is 0. The Labute approximate surface area is 203 Å². The van der Waals surface area contributed by atoms with E-state index in [0.717, 1.165) is 17.5 Å². The van der Waals surface area contributed by atoms with E-state index in [4.69, 9.17) is 4.74 Å². The molecule has 4 aromatic carbocycles. The summed E-state index contributed by atoms with van der Waals surface area (Å²) in [6, 6.07) is 20.5.